The van der Waals surface area contributed by atoms with Gasteiger partial charge in [-0.2, -0.15) is 0 Å². The quantitative estimate of drug-likeness (QED) is 0.672. The molecule has 1 aromatic heterocycles. The number of benzene rings is 2. The molecular weight excluding hydrogens is 338 g/mol. The molecule has 0 spiro atoms. The van der Waals surface area contributed by atoms with Gasteiger partial charge in [0.2, 0.25) is 5.91 Å². The molecule has 0 aliphatic carbocycles. The first-order valence-corrected chi connectivity index (χ1v) is 8.76. The summed E-state index contributed by atoms with van der Waals surface area (Å²) in [7, 11) is 1.63. The van der Waals surface area contributed by atoms with Crippen LogP contribution in [0.2, 0.25) is 0 Å². The Kier molecular flexibility index (Phi) is 5.71. The van der Waals surface area contributed by atoms with Crippen molar-refractivity contribution in [2.24, 2.45) is 0 Å². The van der Waals surface area contributed by atoms with E-state index in [0.29, 0.717) is 17.9 Å². The molecule has 3 rings (SSSR count). The summed E-state index contributed by atoms with van der Waals surface area (Å²) < 4.78 is 5.37. The number of nitrogens with one attached hydrogen (secondary N) is 2. The zero-order valence-corrected chi connectivity index (χ0v) is 15.7. The molecule has 0 aliphatic rings. The number of amides is 1. The van der Waals surface area contributed by atoms with Gasteiger partial charge in [0.1, 0.15) is 11.6 Å². The molecule has 1 amide bonds. The van der Waals surface area contributed by atoms with Gasteiger partial charge in [-0.05, 0) is 49.2 Å². The fourth-order valence-corrected chi connectivity index (χ4v) is 2.70. The maximum Gasteiger partial charge on any atom is 0.228 e. The minimum atomic E-state index is -0.0679. The topological polar surface area (TPSA) is 63.2 Å². The number of aryl methyl sites for hydroxylation is 2. The van der Waals surface area contributed by atoms with E-state index in [1.165, 1.54) is 5.56 Å². The smallest absolute Gasteiger partial charge is 0.228 e. The molecule has 0 fully saturated rings. The van der Waals surface area contributed by atoms with Crippen molar-refractivity contribution in [2.75, 3.05) is 17.7 Å². The molecule has 0 atom stereocenters. The molecule has 0 aliphatic heterocycles. The predicted octanol–water partition coefficient (Wildman–Crippen LogP) is 4.63. The van der Waals surface area contributed by atoms with E-state index < -0.39 is 0 Å². The van der Waals surface area contributed by atoms with Gasteiger partial charge in [-0.25, -0.2) is 4.98 Å². The van der Waals surface area contributed by atoms with E-state index in [0.717, 1.165) is 22.6 Å². The molecule has 2 N–H and O–H groups in total. The lowest BCUT2D eigenvalue weighted by atomic mass is 10.1. The van der Waals surface area contributed by atoms with Gasteiger partial charge < -0.3 is 15.4 Å². The van der Waals surface area contributed by atoms with Gasteiger partial charge in [-0.15, -0.1) is 0 Å². The van der Waals surface area contributed by atoms with Gasteiger partial charge in [0.15, 0.2) is 0 Å². The number of anilines is 3. The van der Waals surface area contributed by atoms with Gasteiger partial charge in [0, 0.05) is 0 Å². The number of rotatable bonds is 6. The minimum Gasteiger partial charge on any atom is -0.495 e. The molecule has 0 bridgehead atoms. The Morgan fingerprint density at radius 2 is 1.74 bits per heavy atom. The second-order valence-corrected chi connectivity index (χ2v) is 6.47. The normalized spacial score (nSPS) is 10.3. The molecule has 0 radical (unpaired) electrons. The molecule has 2 aromatic carbocycles. The molecule has 3 aromatic rings. The molecule has 5 heteroatoms. The van der Waals surface area contributed by atoms with Gasteiger partial charge in [0.05, 0.1) is 31.1 Å². The van der Waals surface area contributed by atoms with Gasteiger partial charge >= 0.3 is 0 Å². The molecule has 138 valence electrons. The number of carbonyl (C=O) groups excluding carboxylic acids is 1. The number of pyridine rings is 1. The van der Waals surface area contributed by atoms with Gasteiger partial charge in [0.25, 0.3) is 0 Å². The van der Waals surface area contributed by atoms with Crippen LogP contribution in [0, 0.1) is 13.8 Å². The monoisotopic (exact) mass is 361 g/mol. The molecule has 0 saturated heterocycles. The molecule has 27 heavy (non-hydrogen) atoms. The lowest BCUT2D eigenvalue weighted by Crippen LogP contribution is -2.14. The lowest BCUT2D eigenvalue weighted by Gasteiger charge is -2.12. The van der Waals surface area contributed by atoms with Crippen molar-refractivity contribution in [3.63, 3.8) is 0 Å². The zero-order valence-electron chi connectivity index (χ0n) is 15.7. The molecular formula is C22H23N3O2. The van der Waals surface area contributed by atoms with Gasteiger partial charge in [-0.1, -0.05) is 35.9 Å². The Morgan fingerprint density at radius 3 is 2.41 bits per heavy atom. The van der Waals surface area contributed by atoms with E-state index in [1.54, 1.807) is 13.3 Å². The molecule has 5 nitrogen and oxygen atoms in total. The zero-order chi connectivity index (χ0) is 19.2. The standard InChI is InChI=1S/C22H23N3O2/c1-15-4-7-17(8-5-15)13-22(26)24-18-9-11-21(23-14-18)25-19-12-16(2)6-10-20(19)27-3/h4-12,14H,13H2,1-3H3,(H,23,25)(H,24,26). The number of ether oxygens (including phenoxy) is 1. The van der Waals surface area contributed by atoms with E-state index in [2.05, 4.69) is 15.6 Å². The summed E-state index contributed by atoms with van der Waals surface area (Å²) in [6.45, 7) is 4.04. The Morgan fingerprint density at radius 1 is 1.00 bits per heavy atom. The Balaban J connectivity index is 1.62. The second kappa shape index (κ2) is 8.36. The van der Waals surface area contributed by atoms with Crippen LogP contribution >= 0.6 is 0 Å². The number of aromatic nitrogens is 1. The van der Waals surface area contributed by atoms with Crippen molar-refractivity contribution < 1.29 is 9.53 Å². The van der Waals surface area contributed by atoms with Crippen LogP contribution in [0.25, 0.3) is 0 Å². The first kappa shape index (κ1) is 18.5. The predicted molar refractivity (Wildman–Crippen MR) is 109 cm³/mol. The van der Waals surface area contributed by atoms with Gasteiger partial charge in [-0.3, -0.25) is 4.79 Å². The second-order valence-electron chi connectivity index (χ2n) is 6.47. The van der Waals surface area contributed by atoms with Crippen molar-refractivity contribution in [1.82, 2.24) is 4.98 Å². The van der Waals surface area contributed by atoms with E-state index in [1.807, 2.05) is 68.4 Å². The Hall–Kier alpha value is -3.34. The van der Waals surface area contributed by atoms with Crippen molar-refractivity contribution in [1.29, 1.82) is 0 Å². The van der Waals surface area contributed by atoms with E-state index in [-0.39, 0.29) is 5.91 Å². The van der Waals surface area contributed by atoms with Crippen LogP contribution in [0.15, 0.2) is 60.8 Å². The van der Waals surface area contributed by atoms with Crippen molar-refractivity contribution >= 4 is 23.1 Å². The number of nitrogens with zero attached hydrogens (tertiary/aromatic N) is 1. The fourth-order valence-electron chi connectivity index (χ4n) is 2.70. The highest BCUT2D eigenvalue weighted by Crippen LogP contribution is 2.28. The van der Waals surface area contributed by atoms with Crippen LogP contribution in [0.5, 0.6) is 5.75 Å². The highest BCUT2D eigenvalue weighted by molar-refractivity contribution is 5.92. The number of methoxy groups -OCH3 is 1. The van der Waals surface area contributed by atoms with Crippen molar-refractivity contribution in [3.05, 3.63) is 77.5 Å². The first-order valence-electron chi connectivity index (χ1n) is 8.76. The summed E-state index contributed by atoms with van der Waals surface area (Å²) in [6, 6.07) is 17.5. The summed E-state index contributed by atoms with van der Waals surface area (Å²) in [5.74, 6) is 1.36. The lowest BCUT2D eigenvalue weighted by molar-refractivity contribution is -0.115. The van der Waals surface area contributed by atoms with Crippen LogP contribution in [0.4, 0.5) is 17.2 Å². The van der Waals surface area contributed by atoms with E-state index in [9.17, 15) is 4.79 Å². The average molecular weight is 361 g/mol. The van der Waals surface area contributed by atoms with Crippen LogP contribution in [0.1, 0.15) is 16.7 Å². The Labute approximate surface area is 159 Å². The number of hydrogen-bond acceptors (Lipinski definition) is 4. The summed E-state index contributed by atoms with van der Waals surface area (Å²) in [6.07, 6.45) is 1.97. The maximum atomic E-state index is 12.2. The number of carbonyl (C=O) groups is 1. The largest absolute Gasteiger partial charge is 0.495 e. The van der Waals surface area contributed by atoms with Crippen molar-refractivity contribution in [3.8, 4) is 5.75 Å². The molecule has 0 unspecified atom stereocenters. The van der Waals surface area contributed by atoms with E-state index >= 15 is 0 Å². The SMILES string of the molecule is COc1ccc(C)cc1Nc1ccc(NC(=O)Cc2ccc(C)cc2)cn1. The minimum absolute atomic E-state index is 0.0679. The van der Waals surface area contributed by atoms with Crippen LogP contribution in [-0.4, -0.2) is 18.0 Å². The third kappa shape index (κ3) is 5.07. The summed E-state index contributed by atoms with van der Waals surface area (Å²) in [4.78, 5) is 16.6. The maximum absolute atomic E-state index is 12.2. The molecule has 1 heterocycles. The summed E-state index contributed by atoms with van der Waals surface area (Å²) in [5.41, 5.74) is 4.79. The Bertz CT molecular complexity index is 919. The number of hydrogen-bond donors (Lipinski definition) is 2. The van der Waals surface area contributed by atoms with Crippen LogP contribution in [-0.2, 0) is 11.2 Å². The third-order valence-electron chi connectivity index (χ3n) is 4.15. The summed E-state index contributed by atoms with van der Waals surface area (Å²) >= 11 is 0. The summed E-state index contributed by atoms with van der Waals surface area (Å²) in [5, 5.41) is 6.11. The third-order valence-corrected chi connectivity index (χ3v) is 4.15. The highest BCUT2D eigenvalue weighted by atomic mass is 16.5. The van der Waals surface area contributed by atoms with Crippen LogP contribution in [0.3, 0.4) is 0 Å². The highest BCUT2D eigenvalue weighted by Gasteiger charge is 2.07. The average Bonchev–Trinajstić information content (AvgIpc) is 2.65. The van der Waals surface area contributed by atoms with E-state index in [4.69, 9.17) is 4.74 Å². The van der Waals surface area contributed by atoms with Crippen LogP contribution < -0.4 is 15.4 Å². The van der Waals surface area contributed by atoms with Crippen molar-refractivity contribution in [2.45, 2.75) is 20.3 Å². The molecule has 0 saturated carbocycles. The first-order chi connectivity index (χ1) is 13.0. The fraction of sp³-hybridized carbons (Fsp3) is 0.182.